The molecule has 0 saturated carbocycles. The van der Waals surface area contributed by atoms with Gasteiger partial charge in [0.05, 0.1) is 0 Å². The van der Waals surface area contributed by atoms with Gasteiger partial charge in [-0.1, -0.05) is 48.8 Å². The number of nitrogens with one attached hydrogen (secondary N) is 2. The van der Waals surface area contributed by atoms with Crippen molar-refractivity contribution >= 4 is 27.8 Å². The minimum atomic E-state index is -0.723. The highest BCUT2D eigenvalue weighted by Crippen LogP contribution is 2.30. The highest BCUT2D eigenvalue weighted by molar-refractivity contribution is 9.10. The first-order valence-corrected chi connectivity index (χ1v) is 7.67. The number of carbonyl (C=O) groups is 1. The Morgan fingerprint density at radius 2 is 2.15 bits per heavy atom. The summed E-state index contributed by atoms with van der Waals surface area (Å²) in [5, 5.41) is 6.12. The van der Waals surface area contributed by atoms with Gasteiger partial charge in [0.15, 0.2) is 5.96 Å². The van der Waals surface area contributed by atoms with Crippen molar-refractivity contribution in [2.75, 3.05) is 6.54 Å². The summed E-state index contributed by atoms with van der Waals surface area (Å²) >= 11 is 3.46. The average Bonchev–Trinajstić information content (AvgIpc) is 2.74. The third kappa shape index (κ3) is 2.87. The van der Waals surface area contributed by atoms with Crippen LogP contribution in [-0.4, -0.2) is 18.4 Å². The second-order valence-electron chi connectivity index (χ2n) is 5.43. The number of guanidine groups is 1. The summed E-state index contributed by atoms with van der Waals surface area (Å²) in [5.41, 5.74) is 0.223. The lowest BCUT2D eigenvalue weighted by molar-refractivity contribution is -0.124. The van der Waals surface area contributed by atoms with Crippen molar-refractivity contribution in [3.63, 3.8) is 0 Å². The zero-order valence-corrected chi connectivity index (χ0v) is 13.6. The Kier molecular flexibility index (Phi) is 4.48. The summed E-state index contributed by atoms with van der Waals surface area (Å²) in [5.74, 6) is 0.995. The zero-order chi connectivity index (χ0) is 14.8. The van der Waals surface area contributed by atoms with Gasteiger partial charge in [-0.15, -0.1) is 0 Å². The van der Waals surface area contributed by atoms with Crippen LogP contribution in [0.1, 0.15) is 32.8 Å². The SMILES string of the molecule is CCC1(c2cccc(Br)c2)NC(=NCC(C)C)NC1=O. The van der Waals surface area contributed by atoms with Crippen LogP contribution in [0.4, 0.5) is 0 Å². The molecular formula is C15H20BrN3O. The average molecular weight is 338 g/mol. The Balaban J connectivity index is 2.32. The van der Waals surface area contributed by atoms with Crippen LogP contribution in [0, 0.1) is 5.92 Å². The maximum Gasteiger partial charge on any atom is 0.257 e. The molecule has 108 valence electrons. The predicted molar refractivity (Wildman–Crippen MR) is 84.5 cm³/mol. The molecule has 1 aromatic rings. The van der Waals surface area contributed by atoms with Crippen molar-refractivity contribution in [2.45, 2.75) is 32.7 Å². The molecule has 5 heteroatoms. The fourth-order valence-corrected chi connectivity index (χ4v) is 2.67. The molecule has 1 saturated heterocycles. The topological polar surface area (TPSA) is 53.5 Å². The fraction of sp³-hybridized carbons (Fsp3) is 0.467. The van der Waals surface area contributed by atoms with Gasteiger partial charge in [0.25, 0.3) is 5.91 Å². The first-order chi connectivity index (χ1) is 9.48. The molecule has 1 aliphatic heterocycles. The molecule has 2 N–H and O–H groups in total. The van der Waals surface area contributed by atoms with Crippen molar-refractivity contribution in [1.82, 2.24) is 10.6 Å². The normalized spacial score (nSPS) is 24.1. The molecule has 2 rings (SSSR count). The first-order valence-electron chi connectivity index (χ1n) is 6.88. The quantitative estimate of drug-likeness (QED) is 0.887. The Bertz CT molecular complexity index is 542. The van der Waals surface area contributed by atoms with Crippen LogP contribution in [0.3, 0.4) is 0 Å². The summed E-state index contributed by atoms with van der Waals surface area (Å²) in [7, 11) is 0. The van der Waals surface area contributed by atoms with E-state index in [1.54, 1.807) is 0 Å². The summed E-state index contributed by atoms with van der Waals surface area (Å²) < 4.78 is 0.963. The number of amides is 1. The molecule has 20 heavy (non-hydrogen) atoms. The number of halogens is 1. The molecule has 1 fully saturated rings. The van der Waals surface area contributed by atoms with E-state index >= 15 is 0 Å². The summed E-state index contributed by atoms with van der Waals surface area (Å²) in [6.07, 6.45) is 0.663. The third-order valence-corrected chi connectivity index (χ3v) is 3.91. The summed E-state index contributed by atoms with van der Waals surface area (Å²) in [6, 6.07) is 7.83. The Morgan fingerprint density at radius 1 is 1.40 bits per heavy atom. The Labute approximate surface area is 128 Å². The van der Waals surface area contributed by atoms with E-state index in [9.17, 15) is 4.79 Å². The molecule has 1 amide bonds. The number of carbonyl (C=O) groups excluding carboxylic acids is 1. The maximum atomic E-state index is 12.4. The predicted octanol–water partition coefficient (Wildman–Crippen LogP) is 2.79. The van der Waals surface area contributed by atoms with Crippen LogP contribution >= 0.6 is 15.9 Å². The number of aliphatic imine (C=N–C) groups is 1. The van der Waals surface area contributed by atoms with Crippen LogP contribution in [0.5, 0.6) is 0 Å². The molecular weight excluding hydrogens is 318 g/mol. The van der Waals surface area contributed by atoms with Gasteiger partial charge in [-0.25, -0.2) is 0 Å². The van der Waals surface area contributed by atoms with Crippen LogP contribution in [0.25, 0.3) is 0 Å². The molecule has 0 bridgehead atoms. The van der Waals surface area contributed by atoms with Crippen LogP contribution < -0.4 is 10.6 Å². The van der Waals surface area contributed by atoms with Crippen LogP contribution in [0.2, 0.25) is 0 Å². The lowest BCUT2D eigenvalue weighted by atomic mass is 9.87. The summed E-state index contributed by atoms with van der Waals surface area (Å²) in [4.78, 5) is 16.9. The van der Waals surface area contributed by atoms with Gasteiger partial charge in [0.1, 0.15) is 5.54 Å². The van der Waals surface area contributed by atoms with Crippen LogP contribution in [0.15, 0.2) is 33.7 Å². The lowest BCUT2D eigenvalue weighted by Crippen LogP contribution is -2.43. The molecule has 1 heterocycles. The van der Waals surface area contributed by atoms with Gasteiger partial charge in [0, 0.05) is 11.0 Å². The molecule has 0 spiro atoms. The van der Waals surface area contributed by atoms with Gasteiger partial charge in [0.2, 0.25) is 0 Å². The van der Waals surface area contributed by atoms with Crippen molar-refractivity contribution in [1.29, 1.82) is 0 Å². The van der Waals surface area contributed by atoms with Gasteiger partial charge in [-0.3, -0.25) is 15.1 Å². The molecule has 1 aromatic carbocycles. The number of benzene rings is 1. The van der Waals surface area contributed by atoms with Gasteiger partial charge in [-0.05, 0) is 30.0 Å². The maximum absolute atomic E-state index is 12.4. The molecule has 1 atom stereocenters. The van der Waals surface area contributed by atoms with E-state index in [4.69, 9.17) is 0 Å². The molecule has 1 unspecified atom stereocenters. The van der Waals surface area contributed by atoms with E-state index in [2.05, 4.69) is 45.4 Å². The number of hydrogen-bond donors (Lipinski definition) is 2. The van der Waals surface area contributed by atoms with Crippen molar-refractivity contribution < 1.29 is 4.79 Å². The number of nitrogens with zero attached hydrogens (tertiary/aromatic N) is 1. The molecule has 4 nitrogen and oxygen atoms in total. The first kappa shape index (κ1) is 15.0. The zero-order valence-electron chi connectivity index (χ0n) is 12.0. The highest BCUT2D eigenvalue weighted by Gasteiger charge is 2.45. The fourth-order valence-electron chi connectivity index (χ4n) is 2.27. The number of rotatable bonds is 4. The molecule has 1 aliphatic rings. The second kappa shape index (κ2) is 5.95. The van der Waals surface area contributed by atoms with E-state index in [0.717, 1.165) is 10.0 Å². The molecule has 0 aromatic heterocycles. The van der Waals surface area contributed by atoms with E-state index < -0.39 is 5.54 Å². The summed E-state index contributed by atoms with van der Waals surface area (Å²) in [6.45, 7) is 6.89. The smallest absolute Gasteiger partial charge is 0.257 e. The Hall–Kier alpha value is -1.36. The third-order valence-electron chi connectivity index (χ3n) is 3.41. The standard InChI is InChI=1S/C15H20BrN3O/c1-4-15(11-6-5-7-12(16)8-11)13(20)18-14(19-15)17-9-10(2)3/h5-8,10H,4,9H2,1-3H3,(H2,17,18,19,20). The second-order valence-corrected chi connectivity index (χ2v) is 6.35. The van der Waals surface area contributed by atoms with Crippen molar-refractivity contribution in [3.8, 4) is 0 Å². The minimum absolute atomic E-state index is 0.0411. The van der Waals surface area contributed by atoms with E-state index in [0.29, 0.717) is 24.8 Å². The van der Waals surface area contributed by atoms with E-state index in [1.165, 1.54) is 0 Å². The van der Waals surface area contributed by atoms with Crippen molar-refractivity contribution in [3.05, 3.63) is 34.3 Å². The van der Waals surface area contributed by atoms with E-state index in [-0.39, 0.29) is 5.91 Å². The van der Waals surface area contributed by atoms with Gasteiger partial charge < -0.3 is 5.32 Å². The van der Waals surface area contributed by atoms with Gasteiger partial charge in [-0.2, -0.15) is 0 Å². The van der Waals surface area contributed by atoms with Crippen LogP contribution in [-0.2, 0) is 10.3 Å². The van der Waals surface area contributed by atoms with E-state index in [1.807, 2.05) is 31.2 Å². The lowest BCUT2D eigenvalue weighted by Gasteiger charge is -2.25. The number of hydrogen-bond acceptors (Lipinski definition) is 2. The monoisotopic (exact) mass is 337 g/mol. The van der Waals surface area contributed by atoms with Crippen molar-refractivity contribution in [2.24, 2.45) is 10.9 Å². The Morgan fingerprint density at radius 3 is 2.75 bits per heavy atom. The minimum Gasteiger partial charge on any atom is -0.338 e. The molecule has 0 radical (unpaired) electrons. The largest absolute Gasteiger partial charge is 0.338 e. The highest BCUT2D eigenvalue weighted by atomic mass is 79.9. The van der Waals surface area contributed by atoms with Gasteiger partial charge >= 0.3 is 0 Å². The molecule has 0 aliphatic carbocycles.